The summed E-state index contributed by atoms with van der Waals surface area (Å²) < 4.78 is 1.80. The van der Waals surface area contributed by atoms with Gasteiger partial charge in [0, 0.05) is 5.56 Å². The molecule has 0 spiro atoms. The standard InChI is InChI=1S/C13H17N3/c1-2-3-7-11-10-15-16(13(11)14)12-8-5-4-6-9-12/h4-6,8-10H,2-3,7,14H2,1H3. The van der Waals surface area contributed by atoms with E-state index in [4.69, 9.17) is 5.73 Å². The van der Waals surface area contributed by atoms with E-state index in [0.717, 1.165) is 29.9 Å². The van der Waals surface area contributed by atoms with Crippen LogP contribution in [0.15, 0.2) is 36.5 Å². The number of unbranched alkanes of at least 4 members (excludes halogenated alkanes) is 1. The fourth-order valence-corrected chi connectivity index (χ4v) is 1.73. The molecule has 0 amide bonds. The maximum absolute atomic E-state index is 6.08. The van der Waals surface area contributed by atoms with Gasteiger partial charge in [-0.05, 0) is 25.0 Å². The van der Waals surface area contributed by atoms with Crippen LogP contribution in [-0.4, -0.2) is 9.78 Å². The van der Waals surface area contributed by atoms with Crippen molar-refractivity contribution in [2.75, 3.05) is 5.73 Å². The molecule has 1 heterocycles. The lowest BCUT2D eigenvalue weighted by Gasteiger charge is -2.04. The molecule has 0 radical (unpaired) electrons. The number of nitrogen functional groups attached to an aromatic ring is 1. The van der Waals surface area contributed by atoms with Crippen molar-refractivity contribution in [1.82, 2.24) is 9.78 Å². The molecule has 3 heteroatoms. The first-order chi connectivity index (χ1) is 7.83. The maximum atomic E-state index is 6.08. The van der Waals surface area contributed by atoms with Gasteiger partial charge in [-0.25, -0.2) is 4.68 Å². The average Bonchev–Trinajstić information content (AvgIpc) is 2.69. The normalized spacial score (nSPS) is 10.6. The molecule has 84 valence electrons. The minimum Gasteiger partial charge on any atom is -0.383 e. The molecular weight excluding hydrogens is 198 g/mol. The third-order valence-electron chi connectivity index (χ3n) is 2.69. The summed E-state index contributed by atoms with van der Waals surface area (Å²) in [6, 6.07) is 9.98. The molecule has 0 atom stereocenters. The van der Waals surface area contributed by atoms with Gasteiger partial charge in [0.05, 0.1) is 11.9 Å². The average molecular weight is 215 g/mol. The summed E-state index contributed by atoms with van der Waals surface area (Å²) in [7, 11) is 0. The number of para-hydroxylation sites is 1. The van der Waals surface area contributed by atoms with Gasteiger partial charge >= 0.3 is 0 Å². The molecule has 2 rings (SSSR count). The number of nitrogens with zero attached hydrogens (tertiary/aromatic N) is 2. The van der Waals surface area contributed by atoms with E-state index in [0.29, 0.717) is 0 Å². The molecule has 2 aromatic rings. The van der Waals surface area contributed by atoms with E-state index in [1.807, 2.05) is 36.5 Å². The Bertz CT molecular complexity index is 445. The number of hydrogen-bond donors (Lipinski definition) is 1. The summed E-state index contributed by atoms with van der Waals surface area (Å²) >= 11 is 0. The summed E-state index contributed by atoms with van der Waals surface area (Å²) in [6.07, 6.45) is 5.22. The van der Waals surface area contributed by atoms with Crippen molar-refractivity contribution >= 4 is 5.82 Å². The van der Waals surface area contributed by atoms with E-state index in [2.05, 4.69) is 12.0 Å². The van der Waals surface area contributed by atoms with Crippen LogP contribution in [0.1, 0.15) is 25.3 Å². The van der Waals surface area contributed by atoms with E-state index in [-0.39, 0.29) is 0 Å². The van der Waals surface area contributed by atoms with Gasteiger partial charge in [0.1, 0.15) is 5.82 Å². The fourth-order valence-electron chi connectivity index (χ4n) is 1.73. The Kier molecular flexibility index (Phi) is 3.25. The fraction of sp³-hybridized carbons (Fsp3) is 0.308. The van der Waals surface area contributed by atoms with Crippen LogP contribution in [0.5, 0.6) is 0 Å². The van der Waals surface area contributed by atoms with Crippen molar-refractivity contribution < 1.29 is 0 Å². The molecule has 0 fully saturated rings. The second-order valence-electron chi connectivity index (χ2n) is 3.91. The highest BCUT2D eigenvalue weighted by atomic mass is 15.3. The number of anilines is 1. The minimum absolute atomic E-state index is 0.764. The van der Waals surface area contributed by atoms with Gasteiger partial charge < -0.3 is 5.73 Å². The lowest BCUT2D eigenvalue weighted by molar-refractivity contribution is 0.796. The molecule has 3 nitrogen and oxygen atoms in total. The number of aryl methyl sites for hydroxylation is 1. The molecule has 1 aromatic heterocycles. The van der Waals surface area contributed by atoms with Gasteiger partial charge in [0.15, 0.2) is 0 Å². The number of aromatic nitrogens is 2. The van der Waals surface area contributed by atoms with Crippen LogP contribution in [-0.2, 0) is 6.42 Å². The third kappa shape index (κ3) is 2.08. The monoisotopic (exact) mass is 215 g/mol. The van der Waals surface area contributed by atoms with Crippen LogP contribution >= 0.6 is 0 Å². The molecule has 1 aromatic carbocycles. The first kappa shape index (κ1) is 10.7. The third-order valence-corrected chi connectivity index (χ3v) is 2.69. The van der Waals surface area contributed by atoms with E-state index < -0.39 is 0 Å². The van der Waals surface area contributed by atoms with Crippen LogP contribution in [0.2, 0.25) is 0 Å². The molecular formula is C13H17N3. The number of nitrogens with two attached hydrogens (primary N) is 1. The predicted molar refractivity (Wildman–Crippen MR) is 66.6 cm³/mol. The number of rotatable bonds is 4. The molecule has 0 saturated heterocycles. The molecule has 0 aliphatic heterocycles. The van der Waals surface area contributed by atoms with E-state index in [1.54, 1.807) is 4.68 Å². The van der Waals surface area contributed by atoms with E-state index in [9.17, 15) is 0 Å². The summed E-state index contributed by atoms with van der Waals surface area (Å²) in [5.74, 6) is 0.764. The topological polar surface area (TPSA) is 43.8 Å². The molecule has 0 saturated carbocycles. The Balaban J connectivity index is 2.27. The molecule has 0 aliphatic carbocycles. The minimum atomic E-state index is 0.764. The Morgan fingerprint density at radius 1 is 1.25 bits per heavy atom. The van der Waals surface area contributed by atoms with Crippen molar-refractivity contribution in [2.45, 2.75) is 26.2 Å². The van der Waals surface area contributed by atoms with Crippen LogP contribution in [0, 0.1) is 0 Å². The van der Waals surface area contributed by atoms with Crippen molar-refractivity contribution in [3.63, 3.8) is 0 Å². The Morgan fingerprint density at radius 2 is 2.00 bits per heavy atom. The quantitative estimate of drug-likeness (QED) is 0.852. The van der Waals surface area contributed by atoms with E-state index in [1.165, 1.54) is 6.42 Å². The van der Waals surface area contributed by atoms with E-state index >= 15 is 0 Å². The second kappa shape index (κ2) is 4.84. The summed E-state index contributed by atoms with van der Waals surface area (Å²) in [6.45, 7) is 2.18. The zero-order chi connectivity index (χ0) is 11.4. The van der Waals surface area contributed by atoms with Gasteiger partial charge in [0.25, 0.3) is 0 Å². The number of benzene rings is 1. The van der Waals surface area contributed by atoms with Gasteiger partial charge in [-0.15, -0.1) is 0 Å². The highest BCUT2D eigenvalue weighted by molar-refractivity contribution is 5.46. The zero-order valence-corrected chi connectivity index (χ0v) is 9.56. The van der Waals surface area contributed by atoms with Gasteiger partial charge in [0.2, 0.25) is 0 Å². The van der Waals surface area contributed by atoms with Gasteiger partial charge in [-0.1, -0.05) is 31.5 Å². The Morgan fingerprint density at radius 3 is 2.69 bits per heavy atom. The van der Waals surface area contributed by atoms with Crippen molar-refractivity contribution in [3.8, 4) is 5.69 Å². The highest BCUT2D eigenvalue weighted by Crippen LogP contribution is 2.18. The Hall–Kier alpha value is -1.77. The lowest BCUT2D eigenvalue weighted by Crippen LogP contribution is -2.02. The Labute approximate surface area is 95.9 Å². The van der Waals surface area contributed by atoms with Crippen molar-refractivity contribution in [3.05, 3.63) is 42.1 Å². The first-order valence-electron chi connectivity index (χ1n) is 5.70. The highest BCUT2D eigenvalue weighted by Gasteiger charge is 2.07. The van der Waals surface area contributed by atoms with Crippen LogP contribution in [0.25, 0.3) is 5.69 Å². The largest absolute Gasteiger partial charge is 0.383 e. The molecule has 16 heavy (non-hydrogen) atoms. The summed E-state index contributed by atoms with van der Waals surface area (Å²) in [5, 5.41) is 4.33. The van der Waals surface area contributed by atoms with Gasteiger partial charge in [-0.3, -0.25) is 0 Å². The first-order valence-corrected chi connectivity index (χ1v) is 5.70. The van der Waals surface area contributed by atoms with Crippen molar-refractivity contribution in [2.24, 2.45) is 0 Å². The lowest BCUT2D eigenvalue weighted by atomic mass is 10.1. The zero-order valence-electron chi connectivity index (χ0n) is 9.56. The molecule has 0 aliphatic rings. The number of hydrogen-bond acceptors (Lipinski definition) is 2. The second-order valence-corrected chi connectivity index (χ2v) is 3.91. The van der Waals surface area contributed by atoms with Crippen LogP contribution < -0.4 is 5.73 Å². The molecule has 2 N–H and O–H groups in total. The van der Waals surface area contributed by atoms with Gasteiger partial charge in [-0.2, -0.15) is 5.10 Å². The van der Waals surface area contributed by atoms with Crippen molar-refractivity contribution in [1.29, 1.82) is 0 Å². The van der Waals surface area contributed by atoms with Crippen LogP contribution in [0.4, 0.5) is 5.82 Å². The SMILES string of the molecule is CCCCc1cnn(-c2ccccc2)c1N. The maximum Gasteiger partial charge on any atom is 0.130 e. The molecule has 0 unspecified atom stereocenters. The summed E-state index contributed by atoms with van der Waals surface area (Å²) in [5.41, 5.74) is 8.24. The summed E-state index contributed by atoms with van der Waals surface area (Å²) in [4.78, 5) is 0. The molecule has 0 bridgehead atoms. The van der Waals surface area contributed by atoms with Crippen LogP contribution in [0.3, 0.4) is 0 Å². The smallest absolute Gasteiger partial charge is 0.130 e. The predicted octanol–water partition coefficient (Wildman–Crippen LogP) is 2.80.